The fourth-order valence-electron chi connectivity index (χ4n) is 0.945. The van der Waals surface area contributed by atoms with Gasteiger partial charge in [-0.3, -0.25) is 14.6 Å². The van der Waals surface area contributed by atoms with Crippen LogP contribution in [0.2, 0.25) is 0 Å². The maximum absolute atomic E-state index is 11.2. The molecule has 6 N–H and O–H groups in total. The molecular formula is C10H20N4O4. The Labute approximate surface area is 105 Å². The Kier molecular flexibility index (Phi) is 8.29. The number of carboxylic acids is 1. The second-order valence-corrected chi connectivity index (χ2v) is 3.76. The highest BCUT2D eigenvalue weighted by atomic mass is 16.5. The summed E-state index contributed by atoms with van der Waals surface area (Å²) >= 11 is 0. The summed E-state index contributed by atoms with van der Waals surface area (Å²) in [5.41, 5.74) is 10.2. The molecule has 0 aromatic rings. The summed E-state index contributed by atoms with van der Waals surface area (Å²) < 4.78 is 5.06. The Balaban J connectivity index is 3.48. The quantitative estimate of drug-likeness (QED) is 0.226. The van der Waals surface area contributed by atoms with Crippen LogP contribution in [0.4, 0.5) is 0 Å². The average molecular weight is 260 g/mol. The minimum absolute atomic E-state index is 0.0235. The van der Waals surface area contributed by atoms with E-state index in [1.54, 1.807) is 0 Å². The van der Waals surface area contributed by atoms with Gasteiger partial charge in [0.05, 0.1) is 5.92 Å². The highest BCUT2D eigenvalue weighted by Crippen LogP contribution is 1.91. The van der Waals surface area contributed by atoms with Gasteiger partial charge in [0.15, 0.2) is 5.96 Å². The molecule has 18 heavy (non-hydrogen) atoms. The first-order valence-electron chi connectivity index (χ1n) is 5.56. The molecule has 0 aliphatic heterocycles. The number of ether oxygens (including phenoxy) is 1. The topological polar surface area (TPSA) is 140 Å². The molecule has 0 fully saturated rings. The smallest absolute Gasteiger partial charge is 0.308 e. The van der Waals surface area contributed by atoms with Gasteiger partial charge in [-0.1, -0.05) is 6.92 Å². The zero-order chi connectivity index (χ0) is 14.0. The second-order valence-electron chi connectivity index (χ2n) is 3.76. The van der Waals surface area contributed by atoms with Gasteiger partial charge < -0.3 is 26.6 Å². The predicted molar refractivity (Wildman–Crippen MR) is 65.9 cm³/mol. The highest BCUT2D eigenvalue weighted by molar-refractivity contribution is 5.78. The van der Waals surface area contributed by atoms with Gasteiger partial charge >= 0.3 is 5.97 Å². The first kappa shape index (κ1) is 16.2. The molecule has 0 heterocycles. The summed E-state index contributed by atoms with van der Waals surface area (Å²) in [4.78, 5) is 25.4. The summed E-state index contributed by atoms with van der Waals surface area (Å²) in [6.45, 7) is 2.30. The van der Waals surface area contributed by atoms with Gasteiger partial charge in [0.2, 0.25) is 5.91 Å². The van der Waals surface area contributed by atoms with Crippen LogP contribution in [0.5, 0.6) is 0 Å². The second kappa shape index (κ2) is 9.23. The largest absolute Gasteiger partial charge is 0.481 e. The van der Waals surface area contributed by atoms with E-state index >= 15 is 0 Å². The third kappa shape index (κ3) is 9.40. The summed E-state index contributed by atoms with van der Waals surface area (Å²) in [6, 6.07) is 0. The molecule has 8 nitrogen and oxygen atoms in total. The lowest BCUT2D eigenvalue weighted by Crippen LogP contribution is -2.34. The van der Waals surface area contributed by atoms with Crippen molar-refractivity contribution in [3.8, 4) is 0 Å². The van der Waals surface area contributed by atoms with E-state index in [0.29, 0.717) is 19.6 Å². The predicted octanol–water partition coefficient (Wildman–Crippen LogP) is -1.50. The van der Waals surface area contributed by atoms with Gasteiger partial charge in [0, 0.05) is 19.7 Å². The van der Waals surface area contributed by atoms with E-state index < -0.39 is 11.9 Å². The van der Waals surface area contributed by atoms with E-state index in [-0.39, 0.29) is 25.0 Å². The van der Waals surface area contributed by atoms with Crippen LogP contribution < -0.4 is 16.8 Å². The van der Waals surface area contributed by atoms with E-state index in [9.17, 15) is 9.59 Å². The van der Waals surface area contributed by atoms with E-state index in [0.717, 1.165) is 0 Å². The average Bonchev–Trinajstić information content (AvgIpc) is 2.29. The maximum atomic E-state index is 11.2. The molecule has 0 aromatic carbocycles. The Morgan fingerprint density at radius 1 is 1.44 bits per heavy atom. The zero-order valence-electron chi connectivity index (χ0n) is 10.4. The van der Waals surface area contributed by atoms with Crippen molar-refractivity contribution in [1.29, 1.82) is 0 Å². The van der Waals surface area contributed by atoms with Crippen LogP contribution in [0.3, 0.4) is 0 Å². The number of hydrogen-bond donors (Lipinski definition) is 4. The number of nitrogens with one attached hydrogen (secondary N) is 1. The molecule has 0 bridgehead atoms. The van der Waals surface area contributed by atoms with Gasteiger partial charge in [-0.05, 0) is 6.42 Å². The van der Waals surface area contributed by atoms with Crippen LogP contribution in [0.25, 0.3) is 0 Å². The van der Waals surface area contributed by atoms with Crippen molar-refractivity contribution >= 4 is 17.8 Å². The number of aliphatic imine (C=N–C) groups is 1. The van der Waals surface area contributed by atoms with Gasteiger partial charge in [-0.25, -0.2) is 0 Å². The van der Waals surface area contributed by atoms with Gasteiger partial charge in [0.1, 0.15) is 6.61 Å². The van der Waals surface area contributed by atoms with E-state index in [1.807, 2.05) is 0 Å². The van der Waals surface area contributed by atoms with Crippen LogP contribution in [0.15, 0.2) is 4.99 Å². The number of carboxylic acid groups (broad SMARTS) is 1. The van der Waals surface area contributed by atoms with Crippen LogP contribution >= 0.6 is 0 Å². The van der Waals surface area contributed by atoms with Crippen molar-refractivity contribution in [3.63, 3.8) is 0 Å². The summed E-state index contributed by atoms with van der Waals surface area (Å²) in [5, 5.41) is 11.1. The van der Waals surface area contributed by atoms with Gasteiger partial charge in [-0.2, -0.15) is 0 Å². The van der Waals surface area contributed by atoms with Crippen LogP contribution in [0, 0.1) is 5.92 Å². The lowest BCUT2D eigenvalue weighted by Gasteiger charge is -2.08. The molecule has 104 valence electrons. The van der Waals surface area contributed by atoms with E-state index in [1.165, 1.54) is 6.92 Å². The van der Waals surface area contributed by atoms with Crippen LogP contribution in [-0.2, 0) is 14.3 Å². The highest BCUT2D eigenvalue weighted by Gasteiger charge is 2.11. The maximum Gasteiger partial charge on any atom is 0.308 e. The Hall–Kier alpha value is -1.83. The molecule has 8 heteroatoms. The number of carbonyl (C=O) groups excluding carboxylic acids is 1. The number of aliphatic carboxylic acids is 1. The number of hydrogen-bond acceptors (Lipinski definition) is 4. The Morgan fingerprint density at radius 3 is 2.67 bits per heavy atom. The Bertz CT molecular complexity index is 302. The number of guanidine groups is 1. The lowest BCUT2D eigenvalue weighted by atomic mass is 10.2. The van der Waals surface area contributed by atoms with Gasteiger partial charge in [-0.15, -0.1) is 0 Å². The fourth-order valence-corrected chi connectivity index (χ4v) is 0.945. The molecule has 0 aliphatic carbocycles. The minimum Gasteiger partial charge on any atom is -0.481 e. The number of carbonyl (C=O) groups is 2. The molecule has 0 saturated carbocycles. The van der Waals surface area contributed by atoms with E-state index in [2.05, 4.69) is 10.3 Å². The number of rotatable bonds is 9. The zero-order valence-corrected chi connectivity index (χ0v) is 10.4. The molecule has 0 aliphatic rings. The molecule has 1 atom stereocenters. The third-order valence-corrected chi connectivity index (χ3v) is 2.00. The number of amides is 1. The Morgan fingerprint density at radius 2 is 2.11 bits per heavy atom. The number of nitrogens with two attached hydrogens (primary N) is 2. The first-order valence-corrected chi connectivity index (χ1v) is 5.56. The molecule has 0 radical (unpaired) electrons. The fraction of sp³-hybridized carbons (Fsp3) is 0.700. The summed E-state index contributed by atoms with van der Waals surface area (Å²) in [5.74, 6) is -1.88. The van der Waals surface area contributed by atoms with Crippen LogP contribution in [-0.4, -0.2) is 49.2 Å². The first-order chi connectivity index (χ1) is 8.43. The van der Waals surface area contributed by atoms with Gasteiger partial charge in [0.25, 0.3) is 0 Å². The van der Waals surface area contributed by atoms with Crippen molar-refractivity contribution in [2.75, 3.05) is 26.3 Å². The van der Waals surface area contributed by atoms with Crippen molar-refractivity contribution in [2.24, 2.45) is 22.4 Å². The molecule has 0 spiro atoms. The third-order valence-electron chi connectivity index (χ3n) is 2.00. The monoisotopic (exact) mass is 260 g/mol. The molecule has 1 unspecified atom stereocenters. The molecule has 1 amide bonds. The van der Waals surface area contributed by atoms with Crippen molar-refractivity contribution in [1.82, 2.24) is 5.32 Å². The van der Waals surface area contributed by atoms with E-state index in [4.69, 9.17) is 21.3 Å². The number of nitrogens with zero attached hydrogens (tertiary/aromatic N) is 1. The SMILES string of the molecule is CC(CNC(=O)COCCCN=C(N)N)C(=O)O. The molecule has 0 aromatic heterocycles. The van der Waals surface area contributed by atoms with Crippen molar-refractivity contribution in [3.05, 3.63) is 0 Å². The van der Waals surface area contributed by atoms with Crippen molar-refractivity contribution < 1.29 is 19.4 Å². The normalized spacial score (nSPS) is 11.6. The standard InChI is InChI=1S/C10H20N4O4/c1-7(9(16)17)5-14-8(15)6-18-4-2-3-13-10(11)12/h7H,2-6H2,1H3,(H,14,15)(H,16,17)(H4,11,12,13). The minimum atomic E-state index is -0.951. The summed E-state index contributed by atoms with van der Waals surface area (Å²) in [7, 11) is 0. The molecular weight excluding hydrogens is 240 g/mol. The van der Waals surface area contributed by atoms with Crippen molar-refractivity contribution in [2.45, 2.75) is 13.3 Å². The lowest BCUT2D eigenvalue weighted by molar-refractivity contribution is -0.141. The molecule has 0 rings (SSSR count). The molecule has 0 saturated heterocycles. The van der Waals surface area contributed by atoms with Crippen LogP contribution in [0.1, 0.15) is 13.3 Å². The summed E-state index contributed by atoms with van der Waals surface area (Å²) in [6.07, 6.45) is 0.608.